The van der Waals surface area contributed by atoms with Gasteiger partial charge in [-0.3, -0.25) is 9.59 Å². The number of methoxy groups -OCH3 is 1. The molecule has 1 aliphatic heterocycles. The summed E-state index contributed by atoms with van der Waals surface area (Å²) in [5.41, 5.74) is 0.715. The van der Waals surface area contributed by atoms with Gasteiger partial charge >= 0.3 is 0 Å². The summed E-state index contributed by atoms with van der Waals surface area (Å²) in [6.45, 7) is 2.04. The molecule has 0 aliphatic carbocycles. The number of hydrogen-bond acceptors (Lipinski definition) is 4. The van der Waals surface area contributed by atoms with E-state index in [1.165, 1.54) is 18.7 Å². The number of carbonyl (C=O) groups is 2. The Kier molecular flexibility index (Phi) is 5.14. The van der Waals surface area contributed by atoms with Gasteiger partial charge in [-0.25, -0.2) is 0 Å². The largest absolute Gasteiger partial charge is 0.494 e. The summed E-state index contributed by atoms with van der Waals surface area (Å²) in [4.78, 5) is 25.0. The topological polar surface area (TPSA) is 46.6 Å². The van der Waals surface area contributed by atoms with Crippen molar-refractivity contribution in [3.05, 3.63) is 21.1 Å². The van der Waals surface area contributed by atoms with Gasteiger partial charge in [-0.05, 0) is 28.1 Å². The third-order valence-corrected chi connectivity index (χ3v) is 4.95. The minimum atomic E-state index is 0.000234. The quantitative estimate of drug-likeness (QED) is 0.746. The van der Waals surface area contributed by atoms with Gasteiger partial charge in [0.25, 0.3) is 0 Å². The first-order valence-electron chi connectivity index (χ1n) is 5.93. The van der Waals surface area contributed by atoms with Crippen LogP contribution in [-0.4, -0.2) is 29.9 Å². The number of hydrogen-bond donors (Lipinski definition) is 0. The molecule has 2 rings (SSSR count). The number of amides is 1. The van der Waals surface area contributed by atoms with Crippen LogP contribution in [0.4, 0.5) is 5.69 Å². The van der Waals surface area contributed by atoms with E-state index < -0.39 is 0 Å². The summed E-state index contributed by atoms with van der Waals surface area (Å²) in [5, 5.41) is 0.0340. The summed E-state index contributed by atoms with van der Waals surface area (Å²) in [6.07, 6.45) is 0.371. The lowest BCUT2D eigenvalue weighted by Crippen LogP contribution is -2.26. The lowest BCUT2D eigenvalue weighted by atomic mass is 10.2. The van der Waals surface area contributed by atoms with Crippen molar-refractivity contribution in [3.63, 3.8) is 0 Å². The van der Waals surface area contributed by atoms with Crippen LogP contribution in [0.25, 0.3) is 0 Å². The van der Waals surface area contributed by atoms with Crippen molar-refractivity contribution in [2.75, 3.05) is 18.6 Å². The Bertz CT molecular complexity index is 565. The molecule has 0 bridgehead atoms. The molecule has 1 amide bonds. The Labute approximate surface area is 138 Å². The van der Waals surface area contributed by atoms with Crippen LogP contribution in [0.2, 0.25) is 0 Å². The highest BCUT2D eigenvalue weighted by molar-refractivity contribution is 9.11. The second-order valence-corrected chi connectivity index (χ2v) is 7.63. The van der Waals surface area contributed by atoms with Gasteiger partial charge in [0, 0.05) is 34.1 Å². The zero-order chi connectivity index (χ0) is 14.9. The summed E-state index contributed by atoms with van der Waals surface area (Å²) < 4.78 is 7.01. The van der Waals surface area contributed by atoms with Crippen molar-refractivity contribution in [3.8, 4) is 5.75 Å². The predicted octanol–water partition coefficient (Wildman–Crippen LogP) is 3.61. The molecule has 0 N–H and O–H groups in total. The Morgan fingerprint density at radius 2 is 2.15 bits per heavy atom. The molecule has 20 heavy (non-hydrogen) atoms. The van der Waals surface area contributed by atoms with Crippen molar-refractivity contribution in [2.24, 2.45) is 0 Å². The first-order chi connectivity index (χ1) is 9.42. The maximum absolute atomic E-state index is 12.2. The van der Waals surface area contributed by atoms with Gasteiger partial charge in [-0.15, -0.1) is 0 Å². The maximum Gasteiger partial charge on any atom is 0.228 e. The summed E-state index contributed by atoms with van der Waals surface area (Å²) in [6, 6.07) is 3.69. The molecule has 7 heteroatoms. The third-order valence-electron chi connectivity index (χ3n) is 2.91. The molecule has 1 fully saturated rings. The smallest absolute Gasteiger partial charge is 0.228 e. The van der Waals surface area contributed by atoms with E-state index in [0.29, 0.717) is 24.4 Å². The van der Waals surface area contributed by atoms with Crippen LogP contribution < -0.4 is 9.64 Å². The zero-order valence-electron chi connectivity index (χ0n) is 11.0. The molecule has 1 aromatic rings. The predicted molar refractivity (Wildman–Crippen MR) is 87.4 cm³/mol. The van der Waals surface area contributed by atoms with E-state index in [9.17, 15) is 9.59 Å². The SMILES string of the molecule is COc1cc(Br)cc(Br)c1N1CC(SC(C)=O)CC1=O. The molecule has 108 valence electrons. The molecule has 0 aromatic heterocycles. The van der Waals surface area contributed by atoms with Crippen LogP contribution in [0.5, 0.6) is 5.75 Å². The van der Waals surface area contributed by atoms with E-state index >= 15 is 0 Å². The lowest BCUT2D eigenvalue weighted by Gasteiger charge is -2.21. The molecule has 1 unspecified atom stereocenters. The molecule has 0 spiro atoms. The average molecular weight is 423 g/mol. The first kappa shape index (κ1) is 15.9. The zero-order valence-corrected chi connectivity index (χ0v) is 15.0. The van der Waals surface area contributed by atoms with Gasteiger partial charge < -0.3 is 9.64 Å². The Balaban J connectivity index is 2.32. The van der Waals surface area contributed by atoms with Crippen molar-refractivity contribution in [1.82, 2.24) is 0 Å². The minimum Gasteiger partial charge on any atom is -0.494 e. The van der Waals surface area contributed by atoms with E-state index in [2.05, 4.69) is 31.9 Å². The van der Waals surface area contributed by atoms with Crippen molar-refractivity contribution in [1.29, 1.82) is 0 Å². The number of rotatable bonds is 3. The normalized spacial score (nSPS) is 18.5. The lowest BCUT2D eigenvalue weighted by molar-refractivity contribution is -0.117. The number of ether oxygens (including phenoxy) is 1. The monoisotopic (exact) mass is 421 g/mol. The highest BCUT2D eigenvalue weighted by Gasteiger charge is 2.34. The molecule has 4 nitrogen and oxygen atoms in total. The van der Waals surface area contributed by atoms with Gasteiger partial charge in [-0.1, -0.05) is 27.7 Å². The summed E-state index contributed by atoms with van der Waals surface area (Å²) in [7, 11) is 1.57. The number of anilines is 1. The van der Waals surface area contributed by atoms with Crippen LogP contribution in [0.1, 0.15) is 13.3 Å². The summed E-state index contributed by atoms with van der Waals surface area (Å²) in [5.74, 6) is 0.623. The van der Waals surface area contributed by atoms with Crippen LogP contribution in [0, 0.1) is 0 Å². The van der Waals surface area contributed by atoms with E-state index in [1.807, 2.05) is 12.1 Å². The fraction of sp³-hybridized carbons (Fsp3) is 0.385. The number of thioether (sulfide) groups is 1. The number of benzene rings is 1. The van der Waals surface area contributed by atoms with Crippen LogP contribution in [0.3, 0.4) is 0 Å². The molecule has 1 aromatic carbocycles. The Morgan fingerprint density at radius 3 is 2.75 bits per heavy atom. The number of halogens is 2. The fourth-order valence-corrected chi connectivity index (χ4v) is 4.48. The first-order valence-corrected chi connectivity index (χ1v) is 8.39. The van der Waals surface area contributed by atoms with Crippen molar-refractivity contribution >= 4 is 60.3 Å². The van der Waals surface area contributed by atoms with Crippen LogP contribution >= 0.6 is 43.6 Å². The number of carbonyl (C=O) groups excluding carboxylic acids is 2. The van der Waals surface area contributed by atoms with E-state index in [1.54, 1.807) is 12.0 Å². The summed E-state index contributed by atoms with van der Waals surface area (Å²) >= 11 is 8.08. The van der Waals surface area contributed by atoms with Gasteiger partial charge in [0.1, 0.15) is 11.4 Å². The highest BCUT2D eigenvalue weighted by atomic mass is 79.9. The molecular formula is C13H13Br2NO3S. The van der Waals surface area contributed by atoms with Crippen molar-refractivity contribution < 1.29 is 14.3 Å². The van der Waals surface area contributed by atoms with Gasteiger partial charge in [0.15, 0.2) is 5.12 Å². The van der Waals surface area contributed by atoms with Crippen molar-refractivity contribution in [2.45, 2.75) is 18.6 Å². The average Bonchev–Trinajstić information content (AvgIpc) is 2.67. The van der Waals surface area contributed by atoms with E-state index in [-0.39, 0.29) is 16.3 Å². The van der Waals surface area contributed by atoms with Gasteiger partial charge in [0.05, 0.1) is 7.11 Å². The van der Waals surface area contributed by atoms with Crippen LogP contribution in [-0.2, 0) is 9.59 Å². The second kappa shape index (κ2) is 6.49. The standard InChI is InChI=1S/C13H13Br2NO3S/c1-7(17)20-9-5-12(18)16(6-9)13-10(15)3-8(14)4-11(13)19-2/h3-4,9H,5-6H2,1-2H3. The molecule has 1 atom stereocenters. The van der Waals surface area contributed by atoms with Gasteiger partial charge in [-0.2, -0.15) is 0 Å². The second-order valence-electron chi connectivity index (χ2n) is 4.38. The van der Waals surface area contributed by atoms with Gasteiger partial charge in [0.2, 0.25) is 5.91 Å². The highest BCUT2D eigenvalue weighted by Crippen LogP contribution is 2.41. The van der Waals surface area contributed by atoms with Crippen LogP contribution in [0.15, 0.2) is 21.1 Å². The minimum absolute atomic E-state index is 0.000234. The van der Waals surface area contributed by atoms with E-state index in [4.69, 9.17) is 4.74 Å². The number of nitrogens with zero attached hydrogens (tertiary/aromatic N) is 1. The molecule has 1 heterocycles. The molecule has 0 radical (unpaired) electrons. The molecule has 1 aliphatic rings. The fourth-order valence-electron chi connectivity index (χ4n) is 2.16. The Morgan fingerprint density at radius 1 is 1.45 bits per heavy atom. The Hall–Kier alpha value is -0.530. The molecule has 1 saturated heterocycles. The third kappa shape index (κ3) is 3.38. The van der Waals surface area contributed by atoms with E-state index in [0.717, 1.165) is 8.95 Å². The molecule has 0 saturated carbocycles. The molecular weight excluding hydrogens is 410 g/mol. The maximum atomic E-state index is 12.2.